The predicted molar refractivity (Wildman–Crippen MR) is 61.6 cm³/mol. The molecule has 4 nitrogen and oxygen atoms in total. The van der Waals surface area contributed by atoms with Gasteiger partial charge in [-0.25, -0.2) is 4.79 Å². The molecule has 0 aliphatic heterocycles. The van der Waals surface area contributed by atoms with Gasteiger partial charge in [0, 0.05) is 0 Å². The highest BCUT2D eigenvalue weighted by molar-refractivity contribution is 8.10. The number of benzene rings is 1. The zero-order valence-corrected chi connectivity index (χ0v) is 9.40. The molecule has 80 valence electrons. The smallest absolute Gasteiger partial charge is 0.312 e. The van der Waals surface area contributed by atoms with Gasteiger partial charge in [-0.1, -0.05) is 23.4 Å². The van der Waals surface area contributed by atoms with Crippen LogP contribution in [0.3, 0.4) is 0 Å². The lowest BCUT2D eigenvalue weighted by atomic mass is 10.2. The number of hydrogen-bond acceptors (Lipinski definition) is 5. The summed E-state index contributed by atoms with van der Waals surface area (Å²) < 4.78 is 1.83. The van der Waals surface area contributed by atoms with E-state index < -0.39 is 5.97 Å². The summed E-state index contributed by atoms with van der Waals surface area (Å²) in [4.78, 5) is 16.0. The van der Waals surface area contributed by atoms with Gasteiger partial charge >= 0.3 is 5.97 Å². The van der Waals surface area contributed by atoms with E-state index in [1.165, 1.54) is 17.5 Å². The van der Waals surface area contributed by atoms with Crippen molar-refractivity contribution in [3.05, 3.63) is 35.9 Å². The Morgan fingerprint density at radius 1 is 1.40 bits per heavy atom. The fourth-order valence-electron chi connectivity index (χ4n) is 0.810. The molecule has 0 aromatic heterocycles. The Hall–Kier alpha value is -1.33. The number of carbonyl (C=O) groups excluding carboxylic acids is 1. The Kier molecular flexibility index (Phi) is 4.86. The first-order valence-electron chi connectivity index (χ1n) is 4.32. The summed E-state index contributed by atoms with van der Waals surface area (Å²) in [6.07, 6.45) is 0. The molecule has 1 aromatic rings. The van der Waals surface area contributed by atoms with E-state index in [4.69, 9.17) is 0 Å². The summed E-state index contributed by atoms with van der Waals surface area (Å²) in [6, 6.07) is 8.74. The van der Waals surface area contributed by atoms with Gasteiger partial charge < -0.3 is 4.84 Å². The average molecular weight is 224 g/mol. The monoisotopic (exact) mass is 224 g/mol. The first-order valence-corrected chi connectivity index (χ1v) is 5.16. The van der Waals surface area contributed by atoms with Gasteiger partial charge in [-0.2, -0.15) is 0 Å². The maximum absolute atomic E-state index is 11.3. The first-order chi connectivity index (χ1) is 7.20. The van der Waals surface area contributed by atoms with Gasteiger partial charge in [-0.05, 0) is 38.2 Å². The minimum Gasteiger partial charge on any atom is -0.312 e. The van der Waals surface area contributed by atoms with Crippen LogP contribution in [-0.4, -0.2) is 29.9 Å². The van der Waals surface area contributed by atoms with Crippen molar-refractivity contribution < 1.29 is 9.63 Å². The molecule has 0 unspecified atom stereocenters. The van der Waals surface area contributed by atoms with E-state index in [0.717, 1.165) is 0 Å². The molecule has 0 radical (unpaired) electrons. The molecular weight excluding hydrogens is 212 g/mol. The lowest BCUT2D eigenvalue weighted by Crippen LogP contribution is -2.01. The van der Waals surface area contributed by atoms with E-state index >= 15 is 0 Å². The molecule has 0 aliphatic rings. The number of rotatable bonds is 4. The summed E-state index contributed by atoms with van der Waals surface area (Å²) in [5, 5.41) is 3.53. The highest BCUT2D eigenvalue weighted by atomic mass is 32.2. The third-order valence-corrected chi connectivity index (χ3v) is 2.05. The van der Waals surface area contributed by atoms with E-state index in [9.17, 15) is 4.79 Å². The second-order valence-electron chi connectivity index (χ2n) is 2.87. The van der Waals surface area contributed by atoms with Gasteiger partial charge in [0.25, 0.3) is 0 Å². The van der Waals surface area contributed by atoms with Crippen molar-refractivity contribution in [2.75, 3.05) is 14.1 Å². The lowest BCUT2D eigenvalue weighted by molar-refractivity contribution is 0.0520. The standard InChI is InChI=1S/C10H12N2O2S/c1-12(2)15-8-11-14-10(13)9-6-4-3-5-7-9/h3-8H,1-2H3. The second-order valence-corrected chi connectivity index (χ2v) is 4.03. The van der Waals surface area contributed by atoms with Gasteiger partial charge in [0.05, 0.1) is 5.56 Å². The van der Waals surface area contributed by atoms with Crippen LogP contribution in [0.25, 0.3) is 0 Å². The molecular formula is C10H12N2O2S. The molecule has 0 heterocycles. The molecule has 15 heavy (non-hydrogen) atoms. The maximum atomic E-state index is 11.3. The van der Waals surface area contributed by atoms with E-state index in [2.05, 4.69) is 9.99 Å². The molecule has 1 aromatic carbocycles. The van der Waals surface area contributed by atoms with Crippen LogP contribution in [0.1, 0.15) is 10.4 Å². The third kappa shape index (κ3) is 4.62. The Bertz CT molecular complexity index is 339. The van der Waals surface area contributed by atoms with E-state index in [1.54, 1.807) is 24.3 Å². The van der Waals surface area contributed by atoms with Crippen molar-refractivity contribution in [1.82, 2.24) is 4.31 Å². The molecule has 0 saturated heterocycles. The van der Waals surface area contributed by atoms with E-state index in [0.29, 0.717) is 5.56 Å². The van der Waals surface area contributed by atoms with Gasteiger partial charge in [0.1, 0.15) is 5.55 Å². The van der Waals surface area contributed by atoms with Crippen molar-refractivity contribution in [2.45, 2.75) is 0 Å². The Morgan fingerprint density at radius 2 is 2.07 bits per heavy atom. The van der Waals surface area contributed by atoms with Crippen molar-refractivity contribution in [3.63, 3.8) is 0 Å². The van der Waals surface area contributed by atoms with Crippen molar-refractivity contribution in [2.24, 2.45) is 5.16 Å². The summed E-state index contributed by atoms with van der Waals surface area (Å²) in [5.41, 5.74) is 1.95. The molecule has 5 heteroatoms. The predicted octanol–water partition coefficient (Wildman–Crippen LogP) is 2.00. The summed E-state index contributed by atoms with van der Waals surface area (Å²) >= 11 is 1.33. The molecule has 0 saturated carbocycles. The minimum absolute atomic E-state index is 0.453. The largest absolute Gasteiger partial charge is 0.365 e. The zero-order chi connectivity index (χ0) is 11.1. The van der Waals surface area contributed by atoms with E-state index in [-0.39, 0.29) is 0 Å². The highest BCUT2D eigenvalue weighted by Crippen LogP contribution is 2.02. The number of oxime groups is 1. The second kappa shape index (κ2) is 6.21. The molecule has 1 rings (SSSR count). The molecule has 0 N–H and O–H groups in total. The van der Waals surface area contributed by atoms with Crippen LogP contribution in [0.15, 0.2) is 35.5 Å². The van der Waals surface area contributed by atoms with Gasteiger partial charge in [-0.15, -0.1) is 0 Å². The van der Waals surface area contributed by atoms with Crippen LogP contribution in [0, 0.1) is 0 Å². The third-order valence-electron chi connectivity index (χ3n) is 1.45. The summed E-state index contributed by atoms with van der Waals surface area (Å²) in [7, 11) is 3.74. The topological polar surface area (TPSA) is 41.9 Å². The Morgan fingerprint density at radius 3 is 2.67 bits per heavy atom. The van der Waals surface area contributed by atoms with Crippen LogP contribution in [0.4, 0.5) is 0 Å². The first kappa shape index (κ1) is 11.7. The average Bonchev–Trinajstić information content (AvgIpc) is 2.25. The van der Waals surface area contributed by atoms with Crippen LogP contribution in [0.2, 0.25) is 0 Å². The van der Waals surface area contributed by atoms with Crippen LogP contribution in [-0.2, 0) is 4.84 Å². The van der Waals surface area contributed by atoms with E-state index in [1.807, 2.05) is 24.5 Å². The molecule has 0 aliphatic carbocycles. The normalized spacial score (nSPS) is 10.9. The van der Waals surface area contributed by atoms with Crippen LogP contribution in [0.5, 0.6) is 0 Å². The van der Waals surface area contributed by atoms with Gasteiger partial charge in [0.2, 0.25) is 0 Å². The molecule has 0 fully saturated rings. The molecule has 0 atom stereocenters. The fourth-order valence-corrected chi connectivity index (χ4v) is 1.08. The summed E-state index contributed by atoms with van der Waals surface area (Å²) in [5.74, 6) is -0.453. The highest BCUT2D eigenvalue weighted by Gasteiger charge is 2.04. The minimum atomic E-state index is -0.453. The fraction of sp³-hybridized carbons (Fsp3) is 0.200. The number of carbonyl (C=O) groups is 1. The molecule has 0 spiro atoms. The maximum Gasteiger partial charge on any atom is 0.365 e. The van der Waals surface area contributed by atoms with Crippen LogP contribution < -0.4 is 0 Å². The van der Waals surface area contributed by atoms with Crippen molar-refractivity contribution in [1.29, 1.82) is 0 Å². The SMILES string of the molecule is CN(C)SC=NOC(=O)c1ccccc1. The number of nitrogens with zero attached hydrogens (tertiary/aromatic N) is 2. The van der Waals surface area contributed by atoms with Crippen molar-refractivity contribution >= 4 is 23.5 Å². The van der Waals surface area contributed by atoms with Gasteiger partial charge in [0.15, 0.2) is 0 Å². The van der Waals surface area contributed by atoms with Gasteiger partial charge in [-0.3, -0.25) is 4.31 Å². The Balaban J connectivity index is 2.40. The Labute approximate surface area is 93.0 Å². The van der Waals surface area contributed by atoms with Crippen molar-refractivity contribution in [3.8, 4) is 0 Å². The summed E-state index contributed by atoms with van der Waals surface area (Å²) in [6.45, 7) is 0. The quantitative estimate of drug-likeness (QED) is 0.258. The zero-order valence-electron chi connectivity index (χ0n) is 8.58. The lowest BCUT2D eigenvalue weighted by Gasteiger charge is -2.01. The molecule has 0 bridgehead atoms. The number of hydrogen-bond donors (Lipinski definition) is 0. The molecule has 0 amide bonds. The van der Waals surface area contributed by atoms with Crippen LogP contribution >= 0.6 is 11.9 Å².